The van der Waals surface area contributed by atoms with E-state index in [1.807, 2.05) is 42.5 Å². The smallest absolute Gasteiger partial charge is 0.120 e. The molecule has 0 aromatic heterocycles. The van der Waals surface area contributed by atoms with Gasteiger partial charge in [-0.1, -0.05) is 42.5 Å². The highest BCUT2D eigenvalue weighted by atomic mass is 35.5. The number of benzene rings is 2. The molecule has 21 heavy (non-hydrogen) atoms. The Morgan fingerprint density at radius 2 is 1.76 bits per heavy atom. The van der Waals surface area contributed by atoms with Crippen LogP contribution in [-0.2, 0) is 6.61 Å². The van der Waals surface area contributed by atoms with Crippen molar-refractivity contribution in [3.05, 3.63) is 65.7 Å². The summed E-state index contributed by atoms with van der Waals surface area (Å²) in [5, 5.41) is 0. The standard InChI is InChI=1S/C17H22N2O.ClH/c18-11-5-10-17(19)15-8-4-9-16(12-15)20-13-14-6-2-1-3-7-14;/h1-4,6-9,12,17H,5,10-11,13,18-19H2;1H/t17-;/m1./s1. The predicted octanol–water partition coefficient (Wildman–Crippen LogP) is 3.43. The highest BCUT2D eigenvalue weighted by Gasteiger charge is 2.06. The molecule has 0 aliphatic carbocycles. The molecule has 2 aromatic carbocycles. The van der Waals surface area contributed by atoms with Gasteiger partial charge in [-0.2, -0.15) is 0 Å². The van der Waals surface area contributed by atoms with Gasteiger partial charge in [-0.3, -0.25) is 0 Å². The SMILES string of the molecule is Cl.NCCC[C@@H](N)c1cccc(OCc2ccccc2)c1. The van der Waals surface area contributed by atoms with Gasteiger partial charge in [-0.15, -0.1) is 12.4 Å². The lowest BCUT2D eigenvalue weighted by Gasteiger charge is -2.13. The van der Waals surface area contributed by atoms with Crippen LogP contribution >= 0.6 is 12.4 Å². The molecular formula is C17H23ClN2O. The molecule has 0 amide bonds. The number of hydrogen-bond acceptors (Lipinski definition) is 3. The van der Waals surface area contributed by atoms with Gasteiger partial charge in [0.05, 0.1) is 0 Å². The fourth-order valence-electron chi connectivity index (χ4n) is 2.08. The van der Waals surface area contributed by atoms with Gasteiger partial charge in [0.1, 0.15) is 12.4 Å². The normalized spacial score (nSPS) is 11.5. The van der Waals surface area contributed by atoms with E-state index in [4.69, 9.17) is 16.2 Å². The van der Waals surface area contributed by atoms with Crippen molar-refractivity contribution < 1.29 is 4.74 Å². The number of rotatable bonds is 7. The van der Waals surface area contributed by atoms with Crippen LogP contribution in [0.5, 0.6) is 5.75 Å². The Bertz CT molecular complexity index is 519. The first-order valence-electron chi connectivity index (χ1n) is 7.02. The Balaban J connectivity index is 0.00000220. The van der Waals surface area contributed by atoms with Crippen molar-refractivity contribution in [2.75, 3.05) is 6.54 Å². The largest absolute Gasteiger partial charge is 0.489 e. The maximum atomic E-state index is 6.15. The number of hydrogen-bond donors (Lipinski definition) is 2. The van der Waals surface area contributed by atoms with E-state index in [1.54, 1.807) is 0 Å². The quantitative estimate of drug-likeness (QED) is 0.824. The highest BCUT2D eigenvalue weighted by Crippen LogP contribution is 2.21. The molecule has 0 heterocycles. The maximum absolute atomic E-state index is 6.15. The molecule has 0 saturated heterocycles. The van der Waals surface area contributed by atoms with E-state index in [9.17, 15) is 0 Å². The van der Waals surface area contributed by atoms with Crippen molar-refractivity contribution in [3.8, 4) is 5.75 Å². The van der Waals surface area contributed by atoms with Gasteiger partial charge in [-0.05, 0) is 42.6 Å². The summed E-state index contributed by atoms with van der Waals surface area (Å²) in [6.45, 7) is 1.25. The molecule has 0 aliphatic rings. The topological polar surface area (TPSA) is 61.3 Å². The lowest BCUT2D eigenvalue weighted by atomic mass is 10.0. The molecule has 4 heteroatoms. The number of nitrogens with two attached hydrogens (primary N) is 2. The van der Waals surface area contributed by atoms with Gasteiger partial charge in [-0.25, -0.2) is 0 Å². The molecule has 0 spiro atoms. The number of ether oxygens (including phenoxy) is 1. The Hall–Kier alpha value is -1.55. The lowest BCUT2D eigenvalue weighted by Crippen LogP contribution is -2.12. The van der Waals surface area contributed by atoms with Crippen LogP contribution in [0.25, 0.3) is 0 Å². The van der Waals surface area contributed by atoms with Crippen molar-refractivity contribution in [1.29, 1.82) is 0 Å². The van der Waals surface area contributed by atoms with Crippen LogP contribution in [0.1, 0.15) is 30.0 Å². The third-order valence-corrected chi connectivity index (χ3v) is 3.25. The molecule has 0 saturated carbocycles. The molecule has 2 aromatic rings. The van der Waals surface area contributed by atoms with Gasteiger partial charge in [0.15, 0.2) is 0 Å². The lowest BCUT2D eigenvalue weighted by molar-refractivity contribution is 0.305. The van der Waals surface area contributed by atoms with Gasteiger partial charge >= 0.3 is 0 Å². The van der Waals surface area contributed by atoms with Gasteiger partial charge in [0.25, 0.3) is 0 Å². The van der Waals surface area contributed by atoms with Crippen LogP contribution < -0.4 is 16.2 Å². The minimum atomic E-state index is 0. The first kappa shape index (κ1) is 17.5. The summed E-state index contributed by atoms with van der Waals surface area (Å²) in [5.74, 6) is 0.856. The van der Waals surface area contributed by atoms with Crippen molar-refractivity contribution in [2.45, 2.75) is 25.5 Å². The first-order chi connectivity index (χ1) is 9.79. The zero-order valence-electron chi connectivity index (χ0n) is 12.1. The molecule has 0 aliphatic heterocycles. The third-order valence-electron chi connectivity index (χ3n) is 3.25. The molecule has 1 atom stereocenters. The molecule has 3 nitrogen and oxygen atoms in total. The zero-order chi connectivity index (χ0) is 14.2. The summed E-state index contributed by atoms with van der Waals surface area (Å²) >= 11 is 0. The second-order valence-electron chi connectivity index (χ2n) is 4.88. The predicted molar refractivity (Wildman–Crippen MR) is 89.7 cm³/mol. The summed E-state index contributed by atoms with van der Waals surface area (Å²) in [7, 11) is 0. The van der Waals surface area contributed by atoms with Crippen molar-refractivity contribution in [3.63, 3.8) is 0 Å². The Kier molecular flexibility index (Phi) is 7.83. The van der Waals surface area contributed by atoms with Crippen LogP contribution in [0, 0.1) is 0 Å². The fraction of sp³-hybridized carbons (Fsp3) is 0.294. The Labute approximate surface area is 132 Å². The highest BCUT2D eigenvalue weighted by molar-refractivity contribution is 5.85. The van der Waals surface area contributed by atoms with Gasteiger partial charge in [0, 0.05) is 6.04 Å². The van der Waals surface area contributed by atoms with E-state index in [-0.39, 0.29) is 18.4 Å². The van der Waals surface area contributed by atoms with Crippen LogP contribution in [-0.4, -0.2) is 6.54 Å². The zero-order valence-corrected chi connectivity index (χ0v) is 12.9. The van der Waals surface area contributed by atoms with Gasteiger partial charge < -0.3 is 16.2 Å². The maximum Gasteiger partial charge on any atom is 0.120 e. The van der Waals surface area contributed by atoms with E-state index >= 15 is 0 Å². The van der Waals surface area contributed by atoms with Gasteiger partial charge in [0.2, 0.25) is 0 Å². The van der Waals surface area contributed by atoms with E-state index in [1.165, 1.54) is 0 Å². The molecule has 0 radical (unpaired) electrons. The monoisotopic (exact) mass is 306 g/mol. The molecule has 0 fully saturated rings. The fourth-order valence-corrected chi connectivity index (χ4v) is 2.08. The molecule has 2 rings (SSSR count). The van der Waals surface area contributed by atoms with Crippen LogP contribution in [0.4, 0.5) is 0 Å². The Morgan fingerprint density at radius 3 is 2.48 bits per heavy atom. The van der Waals surface area contributed by atoms with Crippen LogP contribution in [0.3, 0.4) is 0 Å². The van der Waals surface area contributed by atoms with Crippen molar-refractivity contribution in [1.82, 2.24) is 0 Å². The molecule has 0 bridgehead atoms. The van der Waals surface area contributed by atoms with E-state index in [0.717, 1.165) is 29.7 Å². The number of halogens is 1. The summed E-state index contributed by atoms with van der Waals surface area (Å²) < 4.78 is 5.81. The van der Waals surface area contributed by atoms with Crippen molar-refractivity contribution >= 4 is 12.4 Å². The minimum absolute atomic E-state index is 0. The Morgan fingerprint density at radius 1 is 1.00 bits per heavy atom. The first-order valence-corrected chi connectivity index (χ1v) is 7.02. The third kappa shape index (κ3) is 5.76. The molecule has 4 N–H and O–H groups in total. The molecule has 114 valence electrons. The second-order valence-corrected chi connectivity index (χ2v) is 4.88. The van der Waals surface area contributed by atoms with E-state index in [0.29, 0.717) is 13.2 Å². The average molecular weight is 307 g/mol. The summed E-state index contributed by atoms with van der Waals surface area (Å²) in [6, 6.07) is 18.2. The minimum Gasteiger partial charge on any atom is -0.489 e. The average Bonchev–Trinajstić information content (AvgIpc) is 2.52. The summed E-state index contributed by atoms with van der Waals surface area (Å²) in [4.78, 5) is 0. The van der Waals surface area contributed by atoms with Crippen LogP contribution in [0.15, 0.2) is 54.6 Å². The van der Waals surface area contributed by atoms with E-state index < -0.39 is 0 Å². The molecular weight excluding hydrogens is 284 g/mol. The van der Waals surface area contributed by atoms with Crippen molar-refractivity contribution in [2.24, 2.45) is 11.5 Å². The summed E-state index contributed by atoms with van der Waals surface area (Å²) in [6.07, 6.45) is 1.84. The summed E-state index contributed by atoms with van der Waals surface area (Å²) in [5.41, 5.74) is 13.9. The second kappa shape index (κ2) is 9.40. The van der Waals surface area contributed by atoms with E-state index in [2.05, 4.69) is 12.1 Å². The van der Waals surface area contributed by atoms with Crippen LogP contribution in [0.2, 0.25) is 0 Å². The molecule has 0 unspecified atom stereocenters.